The Balaban J connectivity index is 2.14. The van der Waals surface area contributed by atoms with Crippen LogP contribution in [0.4, 0.5) is 0 Å². The molecular formula is C14H16ClN3O2S. The maximum atomic E-state index is 12.2. The van der Waals surface area contributed by atoms with E-state index in [0.29, 0.717) is 10.6 Å². The van der Waals surface area contributed by atoms with Crippen molar-refractivity contribution < 1.29 is 8.42 Å². The Hall–Kier alpha value is -1.47. The van der Waals surface area contributed by atoms with Gasteiger partial charge >= 0.3 is 0 Å². The third-order valence-electron chi connectivity index (χ3n) is 2.99. The molecule has 0 spiro atoms. The summed E-state index contributed by atoms with van der Waals surface area (Å²) in [5.41, 5.74) is 7.87. The summed E-state index contributed by atoms with van der Waals surface area (Å²) in [6.45, 7) is 2.31. The molecule has 0 amide bonds. The van der Waals surface area contributed by atoms with Crippen LogP contribution in [0.3, 0.4) is 0 Å². The second-order valence-corrected chi connectivity index (χ2v) is 6.76. The molecule has 7 heteroatoms. The van der Waals surface area contributed by atoms with Gasteiger partial charge in [-0.25, -0.2) is 13.1 Å². The summed E-state index contributed by atoms with van der Waals surface area (Å²) >= 11 is 5.99. The van der Waals surface area contributed by atoms with Crippen molar-refractivity contribution >= 4 is 21.6 Å². The molecule has 0 aliphatic carbocycles. The van der Waals surface area contributed by atoms with E-state index in [4.69, 9.17) is 17.3 Å². The molecule has 112 valence electrons. The largest absolute Gasteiger partial charge is 0.326 e. The van der Waals surface area contributed by atoms with Crippen LogP contribution in [0, 0.1) is 6.92 Å². The molecule has 0 aliphatic heterocycles. The lowest BCUT2D eigenvalue weighted by molar-refractivity contribution is 0.581. The number of nitrogens with one attached hydrogen (secondary N) is 1. The first kappa shape index (κ1) is 15.9. The van der Waals surface area contributed by atoms with Crippen molar-refractivity contribution in [3.8, 4) is 0 Å². The molecule has 2 aromatic rings. The Morgan fingerprint density at radius 1 is 1.29 bits per heavy atom. The molecule has 1 heterocycles. The zero-order chi connectivity index (χ0) is 15.5. The number of pyridine rings is 1. The molecular weight excluding hydrogens is 310 g/mol. The fourth-order valence-corrected chi connectivity index (χ4v) is 3.09. The van der Waals surface area contributed by atoms with Gasteiger partial charge in [0.05, 0.1) is 4.90 Å². The Kier molecular flexibility index (Phi) is 4.95. The molecule has 3 N–H and O–H groups in total. The van der Waals surface area contributed by atoms with E-state index in [2.05, 4.69) is 9.71 Å². The lowest BCUT2D eigenvalue weighted by Crippen LogP contribution is -2.23. The van der Waals surface area contributed by atoms with Crippen LogP contribution in [0.2, 0.25) is 5.02 Å². The number of nitrogens with zero attached hydrogens (tertiary/aromatic N) is 1. The normalized spacial score (nSPS) is 11.6. The number of sulfonamides is 1. The standard InChI is InChI=1S/C14H16ClN3O2S/c1-10-2-3-11(8-17-10)9-18-21(19,20)13-5-4-12(7-16)14(15)6-13/h2-6,8,18H,7,9,16H2,1H3. The third kappa shape index (κ3) is 4.01. The van der Waals surface area contributed by atoms with E-state index in [1.54, 1.807) is 12.3 Å². The third-order valence-corrected chi connectivity index (χ3v) is 4.74. The lowest BCUT2D eigenvalue weighted by atomic mass is 10.2. The van der Waals surface area contributed by atoms with Crippen molar-refractivity contribution in [3.05, 3.63) is 58.4 Å². The summed E-state index contributed by atoms with van der Waals surface area (Å²) in [6, 6.07) is 8.17. The van der Waals surface area contributed by atoms with E-state index < -0.39 is 10.0 Å². The highest BCUT2D eigenvalue weighted by molar-refractivity contribution is 7.89. The molecule has 1 aromatic carbocycles. The number of aryl methyl sites for hydroxylation is 1. The van der Waals surface area contributed by atoms with E-state index >= 15 is 0 Å². The van der Waals surface area contributed by atoms with Gasteiger partial charge in [-0.3, -0.25) is 4.98 Å². The lowest BCUT2D eigenvalue weighted by Gasteiger charge is -2.09. The summed E-state index contributed by atoms with van der Waals surface area (Å²) in [4.78, 5) is 4.24. The van der Waals surface area contributed by atoms with E-state index in [1.165, 1.54) is 12.1 Å². The van der Waals surface area contributed by atoms with Crippen LogP contribution in [0.25, 0.3) is 0 Å². The summed E-state index contributed by atoms with van der Waals surface area (Å²) < 4.78 is 26.9. The first-order chi connectivity index (χ1) is 9.92. The Bertz CT molecular complexity index is 730. The van der Waals surface area contributed by atoms with Gasteiger partial charge in [-0.1, -0.05) is 23.7 Å². The quantitative estimate of drug-likeness (QED) is 0.880. The average Bonchev–Trinajstić information content (AvgIpc) is 2.46. The van der Waals surface area contributed by atoms with E-state index in [1.807, 2.05) is 19.1 Å². The van der Waals surface area contributed by atoms with Crippen LogP contribution in [-0.4, -0.2) is 13.4 Å². The molecule has 0 saturated heterocycles. The second-order valence-electron chi connectivity index (χ2n) is 4.59. The molecule has 0 saturated carbocycles. The van der Waals surface area contributed by atoms with Gasteiger partial charge in [0.25, 0.3) is 0 Å². The Morgan fingerprint density at radius 2 is 2.05 bits per heavy atom. The fourth-order valence-electron chi connectivity index (χ4n) is 1.73. The van der Waals surface area contributed by atoms with Gasteiger partial charge in [0.1, 0.15) is 0 Å². The van der Waals surface area contributed by atoms with Crippen molar-refractivity contribution in [1.82, 2.24) is 9.71 Å². The first-order valence-corrected chi connectivity index (χ1v) is 8.18. The number of benzene rings is 1. The van der Waals surface area contributed by atoms with E-state index in [0.717, 1.165) is 11.3 Å². The number of halogens is 1. The van der Waals surface area contributed by atoms with Gasteiger partial charge in [-0.2, -0.15) is 0 Å². The minimum absolute atomic E-state index is 0.116. The average molecular weight is 326 g/mol. The second kappa shape index (κ2) is 6.53. The van der Waals surface area contributed by atoms with Crippen LogP contribution < -0.4 is 10.5 Å². The molecule has 0 aliphatic rings. The first-order valence-electron chi connectivity index (χ1n) is 6.32. The Labute approximate surface area is 129 Å². The highest BCUT2D eigenvalue weighted by Crippen LogP contribution is 2.20. The predicted octanol–water partition coefficient (Wildman–Crippen LogP) is 1.98. The topological polar surface area (TPSA) is 85.1 Å². The minimum atomic E-state index is -3.62. The molecule has 5 nitrogen and oxygen atoms in total. The van der Waals surface area contributed by atoms with Crippen molar-refractivity contribution in [2.45, 2.75) is 24.9 Å². The van der Waals surface area contributed by atoms with Crippen LogP contribution in [0.5, 0.6) is 0 Å². The number of hydrogen-bond acceptors (Lipinski definition) is 4. The molecule has 0 unspecified atom stereocenters. The maximum Gasteiger partial charge on any atom is 0.240 e. The summed E-state index contributed by atoms with van der Waals surface area (Å²) in [5, 5.41) is 0.345. The molecule has 0 bridgehead atoms. The predicted molar refractivity (Wildman–Crippen MR) is 82.3 cm³/mol. The summed E-state index contributed by atoms with van der Waals surface area (Å²) in [5.74, 6) is 0. The molecule has 0 radical (unpaired) electrons. The van der Waals surface area contributed by atoms with Crippen molar-refractivity contribution in [2.24, 2.45) is 5.73 Å². The zero-order valence-electron chi connectivity index (χ0n) is 11.5. The Morgan fingerprint density at radius 3 is 2.62 bits per heavy atom. The summed E-state index contributed by atoms with van der Waals surface area (Å²) in [6.07, 6.45) is 1.64. The molecule has 1 aromatic heterocycles. The van der Waals surface area contributed by atoms with Crippen LogP contribution in [0.1, 0.15) is 16.8 Å². The number of nitrogens with two attached hydrogens (primary N) is 1. The molecule has 0 atom stereocenters. The minimum Gasteiger partial charge on any atom is -0.326 e. The van der Waals surface area contributed by atoms with Gasteiger partial charge < -0.3 is 5.73 Å². The molecule has 0 fully saturated rings. The highest BCUT2D eigenvalue weighted by atomic mass is 35.5. The van der Waals surface area contributed by atoms with Crippen LogP contribution >= 0.6 is 11.6 Å². The highest BCUT2D eigenvalue weighted by Gasteiger charge is 2.15. The van der Waals surface area contributed by atoms with Crippen LogP contribution in [-0.2, 0) is 23.1 Å². The number of rotatable bonds is 5. The molecule has 2 rings (SSSR count). The van der Waals surface area contributed by atoms with Crippen LogP contribution in [0.15, 0.2) is 41.4 Å². The van der Waals surface area contributed by atoms with Crippen molar-refractivity contribution in [3.63, 3.8) is 0 Å². The van der Waals surface area contributed by atoms with Gasteiger partial charge in [0.2, 0.25) is 10.0 Å². The van der Waals surface area contributed by atoms with Gasteiger partial charge in [0, 0.05) is 30.0 Å². The van der Waals surface area contributed by atoms with E-state index in [9.17, 15) is 8.42 Å². The van der Waals surface area contributed by atoms with E-state index in [-0.39, 0.29) is 18.0 Å². The maximum absolute atomic E-state index is 12.2. The zero-order valence-corrected chi connectivity index (χ0v) is 13.1. The SMILES string of the molecule is Cc1ccc(CNS(=O)(=O)c2ccc(CN)c(Cl)c2)cn1. The number of hydrogen-bond donors (Lipinski definition) is 2. The van der Waals surface area contributed by atoms with Gasteiger partial charge in [0.15, 0.2) is 0 Å². The van der Waals surface area contributed by atoms with Crippen molar-refractivity contribution in [1.29, 1.82) is 0 Å². The number of aromatic nitrogens is 1. The fraction of sp³-hybridized carbons (Fsp3) is 0.214. The van der Waals surface area contributed by atoms with Gasteiger partial charge in [-0.05, 0) is 36.2 Å². The van der Waals surface area contributed by atoms with Gasteiger partial charge in [-0.15, -0.1) is 0 Å². The monoisotopic (exact) mass is 325 g/mol. The summed E-state index contributed by atoms with van der Waals surface area (Å²) in [7, 11) is -3.62. The van der Waals surface area contributed by atoms with Crippen molar-refractivity contribution in [2.75, 3.05) is 0 Å². The smallest absolute Gasteiger partial charge is 0.240 e. The molecule has 21 heavy (non-hydrogen) atoms.